The van der Waals surface area contributed by atoms with E-state index in [0.717, 1.165) is 25.2 Å². The molecule has 0 radical (unpaired) electrons. The highest BCUT2D eigenvalue weighted by molar-refractivity contribution is 6.33. The van der Waals surface area contributed by atoms with E-state index in [4.69, 9.17) is 23.2 Å². The van der Waals surface area contributed by atoms with E-state index in [-0.39, 0.29) is 5.91 Å². The Bertz CT molecular complexity index is 734. The van der Waals surface area contributed by atoms with Crippen molar-refractivity contribution in [3.63, 3.8) is 0 Å². The Kier molecular flexibility index (Phi) is 5.27. The molecule has 4 nitrogen and oxygen atoms in total. The summed E-state index contributed by atoms with van der Waals surface area (Å²) in [5.74, 6) is 1.05. The van der Waals surface area contributed by atoms with Gasteiger partial charge in [-0.1, -0.05) is 30.1 Å². The number of halogens is 2. The molecular weight excluding hydrogens is 345 g/mol. The van der Waals surface area contributed by atoms with Gasteiger partial charge in [0.2, 0.25) is 0 Å². The molecule has 1 aliphatic heterocycles. The van der Waals surface area contributed by atoms with Crippen LogP contribution in [0.5, 0.6) is 0 Å². The van der Waals surface area contributed by atoms with Crippen LogP contribution in [0.25, 0.3) is 0 Å². The van der Waals surface area contributed by atoms with E-state index >= 15 is 0 Å². The summed E-state index contributed by atoms with van der Waals surface area (Å²) in [6, 6.07) is 8.93. The van der Waals surface area contributed by atoms with Gasteiger partial charge >= 0.3 is 0 Å². The fourth-order valence-electron chi connectivity index (χ4n) is 2.87. The van der Waals surface area contributed by atoms with Gasteiger partial charge in [-0.25, -0.2) is 4.98 Å². The fourth-order valence-corrected chi connectivity index (χ4v) is 3.21. The summed E-state index contributed by atoms with van der Waals surface area (Å²) < 4.78 is 0. The van der Waals surface area contributed by atoms with Crippen molar-refractivity contribution in [3.8, 4) is 0 Å². The fraction of sp³-hybridized carbons (Fsp3) is 0.333. The minimum absolute atomic E-state index is 0.00556. The lowest BCUT2D eigenvalue weighted by atomic mass is 10.00. The van der Waals surface area contributed by atoms with Crippen molar-refractivity contribution in [1.82, 2.24) is 9.88 Å². The molecule has 6 heteroatoms. The summed E-state index contributed by atoms with van der Waals surface area (Å²) in [5.41, 5.74) is 1.36. The molecule has 0 aliphatic carbocycles. The summed E-state index contributed by atoms with van der Waals surface area (Å²) in [7, 11) is 0. The number of aromatic nitrogens is 1. The molecule has 0 spiro atoms. The first-order chi connectivity index (χ1) is 11.5. The van der Waals surface area contributed by atoms with Crippen LogP contribution in [0.15, 0.2) is 36.5 Å². The number of nitrogens with one attached hydrogen (secondary N) is 1. The lowest BCUT2D eigenvalue weighted by Crippen LogP contribution is -2.39. The quantitative estimate of drug-likeness (QED) is 0.833. The molecule has 24 heavy (non-hydrogen) atoms. The number of hydrogen-bond donors (Lipinski definition) is 1. The Hall–Kier alpha value is -1.78. The van der Waals surface area contributed by atoms with Crippen molar-refractivity contribution in [2.24, 2.45) is 5.92 Å². The summed E-state index contributed by atoms with van der Waals surface area (Å²) in [5, 5.41) is 4.21. The summed E-state index contributed by atoms with van der Waals surface area (Å²) in [6.07, 6.45) is 3.79. The molecule has 1 aromatic heterocycles. The first kappa shape index (κ1) is 17.1. The van der Waals surface area contributed by atoms with Gasteiger partial charge in [-0.15, -0.1) is 0 Å². The largest absolute Gasteiger partial charge is 0.339 e. The summed E-state index contributed by atoms with van der Waals surface area (Å²) >= 11 is 12.2. The van der Waals surface area contributed by atoms with E-state index in [1.165, 1.54) is 6.42 Å². The zero-order valence-corrected chi connectivity index (χ0v) is 14.9. The van der Waals surface area contributed by atoms with Gasteiger partial charge in [-0.3, -0.25) is 4.79 Å². The Labute approximate surface area is 151 Å². The van der Waals surface area contributed by atoms with E-state index < -0.39 is 0 Å². The summed E-state index contributed by atoms with van der Waals surface area (Å²) in [6.45, 7) is 3.76. The highest BCUT2D eigenvalue weighted by atomic mass is 35.5. The van der Waals surface area contributed by atoms with Gasteiger partial charge in [0.05, 0.1) is 10.6 Å². The predicted molar refractivity (Wildman–Crippen MR) is 98.3 cm³/mol. The van der Waals surface area contributed by atoms with Crippen LogP contribution >= 0.6 is 23.2 Å². The second-order valence-electron chi connectivity index (χ2n) is 6.18. The average molecular weight is 364 g/mol. The number of nitrogens with zero attached hydrogens (tertiary/aromatic N) is 2. The van der Waals surface area contributed by atoms with Crippen LogP contribution in [0.2, 0.25) is 10.0 Å². The van der Waals surface area contributed by atoms with Gasteiger partial charge in [0.1, 0.15) is 5.82 Å². The number of hydrogen-bond acceptors (Lipinski definition) is 3. The Morgan fingerprint density at radius 1 is 1.29 bits per heavy atom. The van der Waals surface area contributed by atoms with Crippen molar-refractivity contribution < 1.29 is 4.79 Å². The Morgan fingerprint density at radius 3 is 2.71 bits per heavy atom. The standard InChI is InChI=1S/C18H19Cl2N3O/c1-12-3-2-8-23(11-12)18(24)13-9-16(20)17(21-10-13)22-15-6-4-14(19)5-7-15/h4-7,9-10,12H,2-3,8,11H2,1H3,(H,21,22)/t12-/m1/s1. The number of benzene rings is 1. The van der Waals surface area contributed by atoms with Gasteiger partial charge < -0.3 is 10.2 Å². The monoisotopic (exact) mass is 363 g/mol. The molecule has 1 amide bonds. The van der Waals surface area contributed by atoms with E-state index in [1.807, 2.05) is 17.0 Å². The molecule has 1 saturated heterocycles. The zero-order valence-electron chi connectivity index (χ0n) is 13.4. The van der Waals surface area contributed by atoms with Crippen LogP contribution in [0.4, 0.5) is 11.5 Å². The van der Waals surface area contributed by atoms with Crippen LogP contribution in [-0.4, -0.2) is 28.9 Å². The smallest absolute Gasteiger partial charge is 0.255 e. The van der Waals surface area contributed by atoms with Crippen LogP contribution in [-0.2, 0) is 0 Å². The lowest BCUT2D eigenvalue weighted by molar-refractivity contribution is 0.0682. The van der Waals surface area contributed by atoms with E-state index in [9.17, 15) is 4.79 Å². The van der Waals surface area contributed by atoms with E-state index in [1.54, 1.807) is 24.4 Å². The highest BCUT2D eigenvalue weighted by Crippen LogP contribution is 2.26. The van der Waals surface area contributed by atoms with Crippen LogP contribution in [0, 0.1) is 5.92 Å². The third-order valence-electron chi connectivity index (χ3n) is 4.14. The van der Waals surface area contributed by atoms with Crippen molar-refractivity contribution in [2.45, 2.75) is 19.8 Å². The summed E-state index contributed by atoms with van der Waals surface area (Å²) in [4.78, 5) is 18.8. The maximum atomic E-state index is 12.6. The van der Waals surface area contributed by atoms with Gasteiger partial charge in [0.25, 0.3) is 5.91 Å². The number of carbonyl (C=O) groups excluding carboxylic acids is 1. The maximum Gasteiger partial charge on any atom is 0.255 e. The van der Waals surface area contributed by atoms with Crippen LogP contribution in [0.3, 0.4) is 0 Å². The van der Waals surface area contributed by atoms with Crippen LogP contribution in [0.1, 0.15) is 30.1 Å². The van der Waals surface area contributed by atoms with Crippen molar-refractivity contribution in [1.29, 1.82) is 0 Å². The van der Waals surface area contributed by atoms with Crippen LogP contribution < -0.4 is 5.32 Å². The molecule has 1 fully saturated rings. The number of pyridine rings is 1. The normalized spacial score (nSPS) is 17.6. The van der Waals surface area contributed by atoms with Gasteiger partial charge in [-0.2, -0.15) is 0 Å². The second-order valence-corrected chi connectivity index (χ2v) is 7.03. The lowest BCUT2D eigenvalue weighted by Gasteiger charge is -2.31. The Balaban J connectivity index is 1.74. The molecule has 1 aromatic carbocycles. The SMILES string of the molecule is C[C@@H]1CCCN(C(=O)c2cnc(Nc3ccc(Cl)cc3)c(Cl)c2)C1. The molecule has 2 aromatic rings. The maximum absolute atomic E-state index is 12.6. The minimum atomic E-state index is -0.00556. The Morgan fingerprint density at radius 2 is 2.04 bits per heavy atom. The number of rotatable bonds is 3. The second kappa shape index (κ2) is 7.41. The number of likely N-dealkylation sites (tertiary alicyclic amines) is 1. The molecule has 0 saturated carbocycles. The van der Waals surface area contributed by atoms with E-state index in [0.29, 0.717) is 27.3 Å². The average Bonchev–Trinajstić information content (AvgIpc) is 2.58. The molecule has 0 unspecified atom stereocenters. The first-order valence-corrected chi connectivity index (χ1v) is 8.76. The van der Waals surface area contributed by atoms with Crippen molar-refractivity contribution in [3.05, 3.63) is 52.1 Å². The first-order valence-electron chi connectivity index (χ1n) is 8.00. The number of anilines is 2. The topological polar surface area (TPSA) is 45.2 Å². The molecule has 126 valence electrons. The molecule has 0 bridgehead atoms. The molecular formula is C18H19Cl2N3O. The highest BCUT2D eigenvalue weighted by Gasteiger charge is 2.22. The number of amides is 1. The van der Waals surface area contributed by atoms with E-state index in [2.05, 4.69) is 17.2 Å². The van der Waals surface area contributed by atoms with Gasteiger partial charge in [0.15, 0.2) is 0 Å². The van der Waals surface area contributed by atoms with Crippen molar-refractivity contribution in [2.75, 3.05) is 18.4 Å². The molecule has 1 atom stereocenters. The minimum Gasteiger partial charge on any atom is -0.339 e. The molecule has 1 aliphatic rings. The van der Waals surface area contributed by atoms with Gasteiger partial charge in [0, 0.05) is 30.0 Å². The molecule has 2 heterocycles. The van der Waals surface area contributed by atoms with Crippen molar-refractivity contribution >= 4 is 40.6 Å². The van der Waals surface area contributed by atoms with Gasteiger partial charge in [-0.05, 0) is 49.1 Å². The molecule has 3 rings (SSSR count). The predicted octanol–water partition coefficient (Wildman–Crippen LogP) is 5.00. The number of piperidine rings is 1. The third-order valence-corrected chi connectivity index (χ3v) is 4.68. The number of carbonyl (C=O) groups is 1. The third kappa shape index (κ3) is 4.00. The molecule has 1 N–H and O–H groups in total. The zero-order chi connectivity index (χ0) is 17.1.